The summed E-state index contributed by atoms with van der Waals surface area (Å²) >= 11 is 0. The first-order chi connectivity index (χ1) is 12.9. The highest BCUT2D eigenvalue weighted by atomic mass is 19.4. The molecular formula is C17H14F4N6. The molecule has 10 heteroatoms. The van der Waals surface area contributed by atoms with E-state index in [1.165, 1.54) is 24.7 Å². The predicted molar refractivity (Wildman–Crippen MR) is 90.6 cm³/mol. The van der Waals surface area contributed by atoms with Crippen LogP contribution in [-0.4, -0.2) is 51.8 Å². The number of anilines is 1. The maximum absolute atomic E-state index is 14.1. The molecule has 3 aromatic rings. The molecule has 0 spiro atoms. The Morgan fingerprint density at radius 2 is 1.85 bits per heavy atom. The molecule has 4 rings (SSSR count). The first kappa shape index (κ1) is 17.5. The second-order valence-corrected chi connectivity index (χ2v) is 6.11. The van der Waals surface area contributed by atoms with Gasteiger partial charge in [-0.1, -0.05) is 0 Å². The van der Waals surface area contributed by atoms with E-state index in [1.54, 1.807) is 11.0 Å². The quantitative estimate of drug-likeness (QED) is 0.692. The number of nitrogens with one attached hydrogen (secondary N) is 1. The van der Waals surface area contributed by atoms with Crippen LogP contribution in [-0.2, 0) is 0 Å². The van der Waals surface area contributed by atoms with E-state index in [2.05, 4.69) is 25.3 Å². The summed E-state index contributed by atoms with van der Waals surface area (Å²) in [5, 5.41) is 3.03. The van der Waals surface area contributed by atoms with E-state index < -0.39 is 18.0 Å². The van der Waals surface area contributed by atoms with Crippen LogP contribution in [0.25, 0.3) is 22.3 Å². The van der Waals surface area contributed by atoms with Gasteiger partial charge in [-0.25, -0.2) is 14.4 Å². The van der Waals surface area contributed by atoms with Gasteiger partial charge in [-0.3, -0.25) is 9.97 Å². The van der Waals surface area contributed by atoms with Crippen LogP contribution in [0.2, 0.25) is 0 Å². The summed E-state index contributed by atoms with van der Waals surface area (Å²) in [6, 6.07) is 1.40. The largest absolute Gasteiger partial charge is 0.405 e. The molecule has 1 aliphatic rings. The van der Waals surface area contributed by atoms with Crippen molar-refractivity contribution in [2.24, 2.45) is 0 Å². The normalized spacial score (nSPS) is 18.1. The van der Waals surface area contributed by atoms with Gasteiger partial charge < -0.3 is 10.2 Å². The second kappa shape index (κ2) is 6.69. The van der Waals surface area contributed by atoms with Crippen molar-refractivity contribution in [2.45, 2.75) is 12.2 Å². The zero-order valence-electron chi connectivity index (χ0n) is 13.9. The molecule has 1 saturated heterocycles. The number of nitrogens with zero attached hydrogens (tertiary/aromatic N) is 5. The summed E-state index contributed by atoms with van der Waals surface area (Å²) in [5.74, 6) is -0.211. The molecule has 0 radical (unpaired) electrons. The van der Waals surface area contributed by atoms with E-state index in [0.29, 0.717) is 23.3 Å². The SMILES string of the molecule is Fc1cnccc1-c1nc(N2CCNC(C(F)(F)F)C2)c2ccncc2n1. The highest BCUT2D eigenvalue weighted by Crippen LogP contribution is 2.30. The van der Waals surface area contributed by atoms with Crippen molar-refractivity contribution in [2.75, 3.05) is 24.5 Å². The van der Waals surface area contributed by atoms with Gasteiger partial charge in [-0.2, -0.15) is 13.2 Å². The van der Waals surface area contributed by atoms with Crippen molar-refractivity contribution >= 4 is 16.7 Å². The Kier molecular flexibility index (Phi) is 4.34. The van der Waals surface area contributed by atoms with Gasteiger partial charge >= 0.3 is 6.18 Å². The lowest BCUT2D eigenvalue weighted by molar-refractivity contribution is -0.155. The minimum atomic E-state index is -4.37. The molecule has 140 valence electrons. The number of hydrogen-bond acceptors (Lipinski definition) is 6. The standard InChI is InChI=1S/C17H14F4N6/c18-12-7-22-3-1-10(12)15-25-13-8-23-4-2-11(13)16(26-15)27-6-5-24-14(9-27)17(19,20)21/h1-4,7-8,14,24H,5-6,9H2. The monoisotopic (exact) mass is 378 g/mol. The fourth-order valence-corrected chi connectivity index (χ4v) is 3.04. The van der Waals surface area contributed by atoms with Crippen LogP contribution in [0.1, 0.15) is 0 Å². The molecule has 0 saturated carbocycles. The van der Waals surface area contributed by atoms with Crippen molar-refractivity contribution in [1.29, 1.82) is 0 Å². The van der Waals surface area contributed by atoms with Crippen LogP contribution < -0.4 is 10.2 Å². The van der Waals surface area contributed by atoms with E-state index in [-0.39, 0.29) is 24.5 Å². The molecule has 1 N–H and O–H groups in total. The first-order valence-corrected chi connectivity index (χ1v) is 8.20. The summed E-state index contributed by atoms with van der Waals surface area (Å²) in [7, 11) is 0. The van der Waals surface area contributed by atoms with Gasteiger partial charge in [-0.15, -0.1) is 0 Å². The van der Waals surface area contributed by atoms with Crippen molar-refractivity contribution in [3.05, 3.63) is 42.7 Å². The van der Waals surface area contributed by atoms with Gasteiger partial charge in [0.25, 0.3) is 0 Å². The molecule has 0 amide bonds. The number of pyridine rings is 2. The number of alkyl halides is 3. The van der Waals surface area contributed by atoms with Crippen LogP contribution in [0.5, 0.6) is 0 Å². The van der Waals surface area contributed by atoms with E-state index in [4.69, 9.17) is 0 Å². The van der Waals surface area contributed by atoms with Gasteiger partial charge in [0.2, 0.25) is 0 Å². The molecule has 1 fully saturated rings. The van der Waals surface area contributed by atoms with Gasteiger partial charge in [0.15, 0.2) is 11.6 Å². The number of halogens is 4. The third-order valence-corrected chi connectivity index (χ3v) is 4.36. The average molecular weight is 378 g/mol. The number of hydrogen-bond donors (Lipinski definition) is 1. The lowest BCUT2D eigenvalue weighted by Crippen LogP contribution is -2.57. The maximum Gasteiger partial charge on any atom is 0.405 e. The van der Waals surface area contributed by atoms with Gasteiger partial charge in [-0.05, 0) is 12.1 Å². The van der Waals surface area contributed by atoms with Crippen LogP contribution in [0.3, 0.4) is 0 Å². The Bertz CT molecular complexity index is 977. The summed E-state index contributed by atoms with van der Waals surface area (Å²) in [6.45, 7) is 0.190. The molecule has 27 heavy (non-hydrogen) atoms. The molecule has 0 bridgehead atoms. The molecule has 6 nitrogen and oxygen atoms in total. The number of aromatic nitrogens is 4. The summed E-state index contributed by atoms with van der Waals surface area (Å²) < 4.78 is 53.6. The zero-order chi connectivity index (χ0) is 19.0. The molecule has 1 aliphatic heterocycles. The van der Waals surface area contributed by atoms with Crippen LogP contribution in [0.15, 0.2) is 36.9 Å². The number of rotatable bonds is 2. The molecule has 4 heterocycles. The Labute approximate surface area is 151 Å². The average Bonchev–Trinajstić information content (AvgIpc) is 2.67. The van der Waals surface area contributed by atoms with Crippen molar-refractivity contribution in [1.82, 2.24) is 25.3 Å². The van der Waals surface area contributed by atoms with Crippen LogP contribution in [0.4, 0.5) is 23.4 Å². The summed E-state index contributed by atoms with van der Waals surface area (Å²) in [5.41, 5.74) is 0.551. The Morgan fingerprint density at radius 3 is 2.63 bits per heavy atom. The summed E-state index contributed by atoms with van der Waals surface area (Å²) in [6.07, 6.45) is 1.07. The van der Waals surface area contributed by atoms with Gasteiger partial charge in [0, 0.05) is 37.4 Å². The topological polar surface area (TPSA) is 66.8 Å². The van der Waals surface area contributed by atoms with Crippen molar-refractivity contribution in [3.63, 3.8) is 0 Å². The molecule has 3 aromatic heterocycles. The van der Waals surface area contributed by atoms with E-state index in [9.17, 15) is 17.6 Å². The maximum atomic E-state index is 14.1. The van der Waals surface area contributed by atoms with E-state index in [0.717, 1.165) is 6.20 Å². The van der Waals surface area contributed by atoms with E-state index >= 15 is 0 Å². The van der Waals surface area contributed by atoms with Crippen molar-refractivity contribution in [3.8, 4) is 11.4 Å². The predicted octanol–water partition coefficient (Wildman–Crippen LogP) is 2.57. The highest BCUT2D eigenvalue weighted by Gasteiger charge is 2.42. The molecular weight excluding hydrogens is 364 g/mol. The number of piperazine rings is 1. The Morgan fingerprint density at radius 1 is 1.07 bits per heavy atom. The third-order valence-electron chi connectivity index (χ3n) is 4.36. The highest BCUT2D eigenvalue weighted by molar-refractivity contribution is 5.90. The van der Waals surface area contributed by atoms with Crippen LogP contribution in [0, 0.1) is 5.82 Å². The molecule has 0 aliphatic carbocycles. The Balaban J connectivity index is 1.83. The fourth-order valence-electron chi connectivity index (χ4n) is 3.04. The Hall–Kier alpha value is -2.88. The minimum absolute atomic E-state index is 0.0764. The smallest absolute Gasteiger partial charge is 0.353 e. The minimum Gasteiger partial charge on any atom is -0.353 e. The molecule has 1 unspecified atom stereocenters. The fraction of sp³-hybridized carbons (Fsp3) is 0.294. The summed E-state index contributed by atoms with van der Waals surface area (Å²) in [4.78, 5) is 18.0. The van der Waals surface area contributed by atoms with E-state index in [1.807, 2.05) is 0 Å². The molecule has 1 atom stereocenters. The van der Waals surface area contributed by atoms with Crippen LogP contribution >= 0.6 is 0 Å². The lowest BCUT2D eigenvalue weighted by atomic mass is 10.1. The van der Waals surface area contributed by atoms with Crippen molar-refractivity contribution < 1.29 is 17.6 Å². The first-order valence-electron chi connectivity index (χ1n) is 8.20. The zero-order valence-corrected chi connectivity index (χ0v) is 13.9. The number of fused-ring (bicyclic) bond motifs is 1. The van der Waals surface area contributed by atoms with Gasteiger partial charge in [0.05, 0.1) is 23.5 Å². The third kappa shape index (κ3) is 3.39. The van der Waals surface area contributed by atoms with Gasteiger partial charge in [0.1, 0.15) is 11.9 Å². The lowest BCUT2D eigenvalue weighted by Gasteiger charge is -2.35. The second-order valence-electron chi connectivity index (χ2n) is 6.11. The molecule has 0 aromatic carbocycles.